The standard InChI is InChI=1S/C12H20O6S/c13-11-5-1-3-9-19(15,16)10-4-2-6-12(14)18-8-7-17-11/h1-10H2. The van der Waals surface area contributed by atoms with Gasteiger partial charge < -0.3 is 9.47 Å². The van der Waals surface area contributed by atoms with Crippen molar-refractivity contribution < 1.29 is 27.5 Å². The molecule has 1 aliphatic rings. The number of hydrogen-bond acceptors (Lipinski definition) is 6. The van der Waals surface area contributed by atoms with E-state index in [1.54, 1.807) is 0 Å². The van der Waals surface area contributed by atoms with Crippen molar-refractivity contribution in [2.24, 2.45) is 0 Å². The molecule has 1 saturated heterocycles. The second-order valence-electron chi connectivity index (χ2n) is 4.51. The van der Waals surface area contributed by atoms with Crippen LogP contribution in [0.3, 0.4) is 0 Å². The molecule has 6 nitrogen and oxygen atoms in total. The van der Waals surface area contributed by atoms with Gasteiger partial charge in [0.2, 0.25) is 0 Å². The first-order valence-electron chi connectivity index (χ1n) is 6.51. The maximum Gasteiger partial charge on any atom is 0.305 e. The molecule has 0 spiro atoms. The molecule has 0 aromatic rings. The predicted octanol–water partition coefficient (Wildman–Crippen LogP) is 0.842. The van der Waals surface area contributed by atoms with Gasteiger partial charge in [-0.25, -0.2) is 8.42 Å². The summed E-state index contributed by atoms with van der Waals surface area (Å²) in [6, 6.07) is 0. The summed E-state index contributed by atoms with van der Waals surface area (Å²) in [7, 11) is -3.08. The molecule has 1 rings (SSSR count). The summed E-state index contributed by atoms with van der Waals surface area (Å²) in [5.41, 5.74) is 0. The lowest BCUT2D eigenvalue weighted by Gasteiger charge is -2.05. The molecule has 1 fully saturated rings. The lowest BCUT2D eigenvalue weighted by Crippen LogP contribution is -2.13. The molecule has 0 amide bonds. The minimum atomic E-state index is -3.08. The average Bonchev–Trinajstić information content (AvgIpc) is 2.35. The number of ether oxygens (including phenoxy) is 2. The van der Waals surface area contributed by atoms with Crippen LogP contribution in [0.5, 0.6) is 0 Å². The average molecular weight is 292 g/mol. The zero-order chi connectivity index (χ0) is 14.1. The Kier molecular flexibility index (Phi) is 6.83. The molecule has 0 aromatic heterocycles. The minimum absolute atomic E-state index is 0.0584. The second-order valence-corrected chi connectivity index (χ2v) is 6.81. The number of rotatable bonds is 0. The van der Waals surface area contributed by atoms with Gasteiger partial charge in [0.15, 0.2) is 0 Å². The molecule has 19 heavy (non-hydrogen) atoms. The molecular formula is C12H20O6S. The molecule has 7 heteroatoms. The molecule has 0 aliphatic carbocycles. The summed E-state index contributed by atoms with van der Waals surface area (Å²) in [6.07, 6.45) is 2.32. The Morgan fingerprint density at radius 2 is 1.16 bits per heavy atom. The van der Waals surface area contributed by atoms with Crippen molar-refractivity contribution in [3.8, 4) is 0 Å². The highest BCUT2D eigenvalue weighted by molar-refractivity contribution is 7.91. The van der Waals surface area contributed by atoms with Gasteiger partial charge in [0.25, 0.3) is 0 Å². The van der Waals surface area contributed by atoms with Gasteiger partial charge in [-0.1, -0.05) is 0 Å². The number of esters is 2. The molecule has 0 bridgehead atoms. The van der Waals surface area contributed by atoms with Gasteiger partial charge in [0.1, 0.15) is 23.1 Å². The van der Waals surface area contributed by atoms with Crippen LogP contribution in [0.1, 0.15) is 38.5 Å². The highest BCUT2D eigenvalue weighted by Crippen LogP contribution is 2.07. The Hall–Kier alpha value is -1.11. The van der Waals surface area contributed by atoms with E-state index in [4.69, 9.17) is 9.47 Å². The topological polar surface area (TPSA) is 86.7 Å². The van der Waals surface area contributed by atoms with Crippen molar-refractivity contribution >= 4 is 21.8 Å². The Morgan fingerprint density at radius 1 is 0.737 bits per heavy atom. The zero-order valence-electron chi connectivity index (χ0n) is 10.9. The normalized spacial score (nSPS) is 23.6. The van der Waals surface area contributed by atoms with E-state index in [0.29, 0.717) is 25.7 Å². The first-order chi connectivity index (χ1) is 8.99. The summed E-state index contributed by atoms with van der Waals surface area (Å²) in [5.74, 6) is -0.596. The van der Waals surface area contributed by atoms with Crippen molar-refractivity contribution in [3.05, 3.63) is 0 Å². The summed E-state index contributed by atoms with van der Waals surface area (Å²) < 4.78 is 33.0. The molecule has 0 N–H and O–H groups in total. The Morgan fingerprint density at radius 3 is 1.58 bits per heavy atom. The van der Waals surface area contributed by atoms with Gasteiger partial charge in [0.05, 0.1) is 11.5 Å². The molecule has 0 saturated carbocycles. The third-order valence-electron chi connectivity index (χ3n) is 2.78. The van der Waals surface area contributed by atoms with E-state index in [9.17, 15) is 18.0 Å². The van der Waals surface area contributed by atoms with Crippen molar-refractivity contribution in [2.75, 3.05) is 24.7 Å². The SMILES string of the molecule is O=C1CCCCS(=O)(=O)CCCCC(=O)OCCO1. The molecule has 1 aliphatic heterocycles. The van der Waals surface area contributed by atoms with Gasteiger partial charge >= 0.3 is 11.9 Å². The van der Waals surface area contributed by atoms with Crippen LogP contribution in [-0.4, -0.2) is 45.1 Å². The van der Waals surface area contributed by atoms with Gasteiger partial charge in [-0.05, 0) is 25.7 Å². The largest absolute Gasteiger partial charge is 0.462 e. The maximum absolute atomic E-state index is 11.6. The molecule has 0 aromatic carbocycles. The van der Waals surface area contributed by atoms with Crippen LogP contribution in [0.15, 0.2) is 0 Å². The number of sulfone groups is 1. The molecular weight excluding hydrogens is 272 g/mol. The summed E-state index contributed by atoms with van der Waals surface area (Å²) in [5, 5.41) is 0. The van der Waals surface area contributed by atoms with Crippen LogP contribution in [0, 0.1) is 0 Å². The third-order valence-corrected chi connectivity index (χ3v) is 4.60. The van der Waals surface area contributed by atoms with Crippen molar-refractivity contribution in [3.63, 3.8) is 0 Å². The lowest BCUT2D eigenvalue weighted by atomic mass is 10.2. The van der Waals surface area contributed by atoms with Crippen LogP contribution >= 0.6 is 0 Å². The second kappa shape index (κ2) is 8.14. The van der Waals surface area contributed by atoms with Gasteiger partial charge in [-0.15, -0.1) is 0 Å². The van der Waals surface area contributed by atoms with E-state index in [-0.39, 0.29) is 49.5 Å². The number of hydrogen-bond donors (Lipinski definition) is 0. The van der Waals surface area contributed by atoms with E-state index in [0.717, 1.165) is 0 Å². The van der Waals surface area contributed by atoms with Crippen molar-refractivity contribution in [1.29, 1.82) is 0 Å². The van der Waals surface area contributed by atoms with E-state index < -0.39 is 9.84 Å². The van der Waals surface area contributed by atoms with Crippen LogP contribution in [0.2, 0.25) is 0 Å². The van der Waals surface area contributed by atoms with E-state index in [1.807, 2.05) is 0 Å². The van der Waals surface area contributed by atoms with Crippen LogP contribution < -0.4 is 0 Å². The highest BCUT2D eigenvalue weighted by Gasteiger charge is 2.13. The van der Waals surface area contributed by atoms with Crippen molar-refractivity contribution in [2.45, 2.75) is 38.5 Å². The smallest absolute Gasteiger partial charge is 0.305 e. The van der Waals surface area contributed by atoms with Crippen LogP contribution in [0.4, 0.5) is 0 Å². The van der Waals surface area contributed by atoms with Gasteiger partial charge in [-0.2, -0.15) is 0 Å². The minimum Gasteiger partial charge on any atom is -0.462 e. The first kappa shape index (κ1) is 15.9. The van der Waals surface area contributed by atoms with E-state index in [1.165, 1.54) is 0 Å². The summed E-state index contributed by atoms with van der Waals surface area (Å²) >= 11 is 0. The monoisotopic (exact) mass is 292 g/mol. The summed E-state index contributed by atoms with van der Waals surface area (Å²) in [6.45, 7) is 0.117. The quantitative estimate of drug-likeness (QED) is 0.615. The van der Waals surface area contributed by atoms with Gasteiger partial charge in [0, 0.05) is 12.8 Å². The third kappa shape index (κ3) is 7.81. The number of carbonyl (C=O) groups excluding carboxylic acids is 2. The lowest BCUT2D eigenvalue weighted by molar-refractivity contribution is -0.152. The number of cyclic esters (lactones) is 2. The maximum atomic E-state index is 11.6. The van der Waals surface area contributed by atoms with Crippen LogP contribution in [-0.2, 0) is 28.9 Å². The Bertz CT molecular complexity index is 368. The zero-order valence-corrected chi connectivity index (χ0v) is 11.7. The molecule has 0 radical (unpaired) electrons. The van der Waals surface area contributed by atoms with Crippen LogP contribution in [0.25, 0.3) is 0 Å². The molecule has 1 heterocycles. The predicted molar refractivity (Wildman–Crippen MR) is 68.3 cm³/mol. The van der Waals surface area contributed by atoms with E-state index >= 15 is 0 Å². The molecule has 0 atom stereocenters. The van der Waals surface area contributed by atoms with Gasteiger partial charge in [-0.3, -0.25) is 9.59 Å². The summed E-state index contributed by atoms with van der Waals surface area (Å²) in [4.78, 5) is 22.5. The fourth-order valence-corrected chi connectivity index (χ4v) is 3.23. The van der Waals surface area contributed by atoms with Crippen molar-refractivity contribution in [1.82, 2.24) is 0 Å². The fraction of sp³-hybridized carbons (Fsp3) is 0.833. The first-order valence-corrected chi connectivity index (χ1v) is 8.33. The van der Waals surface area contributed by atoms with E-state index in [2.05, 4.69) is 0 Å². The molecule has 0 unspecified atom stereocenters. The Balaban J connectivity index is 2.47. The molecule has 110 valence electrons. The highest BCUT2D eigenvalue weighted by atomic mass is 32.2. The fourth-order valence-electron chi connectivity index (χ4n) is 1.74. The number of carbonyl (C=O) groups is 2. The Labute approximate surface area is 113 Å².